The maximum Gasteiger partial charge on any atom is 0.263 e. The molecule has 2 rings (SSSR count). The summed E-state index contributed by atoms with van der Waals surface area (Å²) in [6.45, 7) is 4.31. The van der Waals surface area contributed by atoms with Gasteiger partial charge in [0.05, 0.1) is 4.90 Å². The fourth-order valence-electron chi connectivity index (χ4n) is 1.87. The Morgan fingerprint density at radius 1 is 1.30 bits per heavy atom. The Hall–Kier alpha value is -1.51. The lowest BCUT2D eigenvalue weighted by Crippen LogP contribution is -2.16. The van der Waals surface area contributed by atoms with Crippen LogP contribution in [0, 0.1) is 13.8 Å². The van der Waals surface area contributed by atoms with Gasteiger partial charge in [0, 0.05) is 6.54 Å². The summed E-state index contributed by atoms with van der Waals surface area (Å²) in [4.78, 5) is 0.276. The van der Waals surface area contributed by atoms with Gasteiger partial charge in [0.1, 0.15) is 5.51 Å². The minimum Gasteiger partial charge on any atom is -0.316 e. The summed E-state index contributed by atoms with van der Waals surface area (Å²) >= 11 is 1.14. The summed E-state index contributed by atoms with van der Waals surface area (Å²) in [7, 11) is -1.82. The molecule has 0 atom stereocenters. The molecule has 2 N–H and O–H groups in total. The molecule has 20 heavy (non-hydrogen) atoms. The Balaban J connectivity index is 2.44. The number of aromatic nitrogens is 2. The Labute approximate surface area is 122 Å². The molecule has 2 aromatic rings. The maximum atomic E-state index is 12.4. The highest BCUT2D eigenvalue weighted by molar-refractivity contribution is 7.93. The second kappa shape index (κ2) is 5.86. The molecule has 6 nitrogen and oxygen atoms in total. The number of hydrogen-bond acceptors (Lipinski definition) is 6. The van der Waals surface area contributed by atoms with E-state index in [9.17, 15) is 8.42 Å². The standard InChI is InChI=1S/C12H16N4O2S2/c1-8-4-10(6-13-3)5-11(9(8)2)20(17,18)16-12-15-14-7-19-12/h4-5,7,13H,6H2,1-3H3,(H,15,16). The largest absolute Gasteiger partial charge is 0.316 e. The van der Waals surface area contributed by atoms with Gasteiger partial charge in [-0.15, -0.1) is 10.2 Å². The number of hydrogen-bond donors (Lipinski definition) is 2. The van der Waals surface area contributed by atoms with Crippen LogP contribution in [-0.2, 0) is 16.6 Å². The van der Waals surface area contributed by atoms with Crippen LogP contribution in [0.25, 0.3) is 0 Å². The average molecular weight is 312 g/mol. The molecule has 0 saturated heterocycles. The van der Waals surface area contributed by atoms with Gasteiger partial charge in [0.25, 0.3) is 10.0 Å². The lowest BCUT2D eigenvalue weighted by molar-refractivity contribution is 0.600. The Bertz CT molecular complexity index is 696. The van der Waals surface area contributed by atoms with E-state index in [1.165, 1.54) is 5.51 Å². The normalized spacial score (nSPS) is 11.6. The molecule has 0 amide bonds. The van der Waals surface area contributed by atoms with E-state index in [0.29, 0.717) is 6.54 Å². The van der Waals surface area contributed by atoms with E-state index in [1.54, 1.807) is 13.0 Å². The van der Waals surface area contributed by atoms with E-state index in [-0.39, 0.29) is 10.0 Å². The fraction of sp³-hybridized carbons (Fsp3) is 0.333. The molecule has 0 saturated carbocycles. The highest BCUT2D eigenvalue weighted by Gasteiger charge is 2.20. The third-order valence-corrected chi connectivity index (χ3v) is 5.13. The average Bonchev–Trinajstić information content (AvgIpc) is 2.85. The van der Waals surface area contributed by atoms with Crippen molar-refractivity contribution < 1.29 is 8.42 Å². The van der Waals surface area contributed by atoms with Crippen LogP contribution >= 0.6 is 11.3 Å². The van der Waals surface area contributed by atoms with Crippen molar-refractivity contribution in [3.05, 3.63) is 34.3 Å². The van der Waals surface area contributed by atoms with Gasteiger partial charge in [-0.1, -0.05) is 17.4 Å². The summed E-state index contributed by atoms with van der Waals surface area (Å²) in [5.41, 5.74) is 4.08. The van der Waals surface area contributed by atoms with Gasteiger partial charge < -0.3 is 5.32 Å². The van der Waals surface area contributed by atoms with Crippen molar-refractivity contribution in [3.63, 3.8) is 0 Å². The van der Waals surface area contributed by atoms with Crippen LogP contribution in [0.5, 0.6) is 0 Å². The third kappa shape index (κ3) is 3.14. The summed E-state index contributed by atoms with van der Waals surface area (Å²) in [5, 5.41) is 10.6. The molecule has 0 aliphatic rings. The number of anilines is 1. The molecule has 0 aliphatic carbocycles. The predicted octanol–water partition coefficient (Wildman–Crippen LogP) is 1.68. The molecule has 0 aliphatic heterocycles. The molecule has 1 aromatic heterocycles. The lowest BCUT2D eigenvalue weighted by Gasteiger charge is -2.13. The van der Waals surface area contributed by atoms with Crippen LogP contribution in [0.2, 0.25) is 0 Å². The van der Waals surface area contributed by atoms with Gasteiger partial charge in [-0.25, -0.2) is 8.42 Å². The molecule has 0 unspecified atom stereocenters. The zero-order valence-corrected chi connectivity index (χ0v) is 13.1. The van der Waals surface area contributed by atoms with Crippen molar-refractivity contribution in [1.82, 2.24) is 15.5 Å². The van der Waals surface area contributed by atoms with Crippen LogP contribution in [-0.4, -0.2) is 25.7 Å². The van der Waals surface area contributed by atoms with Gasteiger partial charge in [-0.2, -0.15) is 0 Å². The predicted molar refractivity (Wildman–Crippen MR) is 79.4 cm³/mol. The van der Waals surface area contributed by atoms with Crippen LogP contribution in [0.4, 0.5) is 5.13 Å². The van der Waals surface area contributed by atoms with Gasteiger partial charge in [-0.3, -0.25) is 4.72 Å². The number of nitrogens with zero attached hydrogens (tertiary/aromatic N) is 2. The molecule has 8 heteroatoms. The van der Waals surface area contributed by atoms with E-state index in [4.69, 9.17) is 0 Å². The Morgan fingerprint density at radius 2 is 2.05 bits per heavy atom. The quantitative estimate of drug-likeness (QED) is 0.877. The zero-order valence-electron chi connectivity index (χ0n) is 11.5. The van der Waals surface area contributed by atoms with E-state index < -0.39 is 10.0 Å². The molecule has 0 spiro atoms. The first-order valence-corrected chi connectivity index (χ1v) is 8.34. The Kier molecular flexibility index (Phi) is 4.36. The summed E-state index contributed by atoms with van der Waals surface area (Å²) in [6, 6.07) is 3.66. The van der Waals surface area contributed by atoms with Crippen molar-refractivity contribution in [1.29, 1.82) is 0 Å². The molecule has 0 bridgehead atoms. The highest BCUT2D eigenvalue weighted by atomic mass is 32.2. The molecule has 1 heterocycles. The minimum atomic E-state index is -3.65. The SMILES string of the molecule is CNCc1cc(C)c(C)c(S(=O)(=O)Nc2nncs2)c1. The van der Waals surface area contributed by atoms with Crippen LogP contribution in [0.1, 0.15) is 16.7 Å². The maximum absolute atomic E-state index is 12.4. The minimum absolute atomic E-state index is 0.265. The number of aryl methyl sites for hydroxylation is 1. The van der Waals surface area contributed by atoms with Gasteiger partial charge >= 0.3 is 0 Å². The van der Waals surface area contributed by atoms with Crippen molar-refractivity contribution in [2.75, 3.05) is 11.8 Å². The zero-order chi connectivity index (χ0) is 14.8. The number of rotatable bonds is 5. The van der Waals surface area contributed by atoms with Crippen molar-refractivity contribution >= 4 is 26.5 Å². The smallest absolute Gasteiger partial charge is 0.263 e. The first-order chi connectivity index (χ1) is 9.44. The van der Waals surface area contributed by atoms with Crippen molar-refractivity contribution in [2.24, 2.45) is 0 Å². The monoisotopic (exact) mass is 312 g/mol. The van der Waals surface area contributed by atoms with Crippen LogP contribution in [0.3, 0.4) is 0 Å². The highest BCUT2D eigenvalue weighted by Crippen LogP contribution is 2.24. The molecule has 0 radical (unpaired) electrons. The third-order valence-electron chi connectivity index (χ3n) is 2.93. The first kappa shape index (κ1) is 14.9. The summed E-state index contributed by atoms with van der Waals surface area (Å²) < 4.78 is 27.3. The van der Waals surface area contributed by atoms with Crippen molar-refractivity contribution in [2.45, 2.75) is 25.3 Å². The van der Waals surface area contributed by atoms with E-state index in [1.807, 2.05) is 20.0 Å². The first-order valence-electron chi connectivity index (χ1n) is 5.98. The van der Waals surface area contributed by atoms with Gasteiger partial charge in [0.15, 0.2) is 0 Å². The number of nitrogens with one attached hydrogen (secondary N) is 2. The van der Waals surface area contributed by atoms with Gasteiger partial charge in [-0.05, 0) is 43.7 Å². The van der Waals surface area contributed by atoms with Gasteiger partial charge in [0.2, 0.25) is 5.13 Å². The molecule has 1 aromatic carbocycles. The number of benzene rings is 1. The number of sulfonamides is 1. The molecular weight excluding hydrogens is 296 g/mol. The van der Waals surface area contributed by atoms with E-state index >= 15 is 0 Å². The second-order valence-corrected chi connectivity index (χ2v) is 6.90. The van der Waals surface area contributed by atoms with Crippen LogP contribution in [0.15, 0.2) is 22.5 Å². The summed E-state index contributed by atoms with van der Waals surface area (Å²) in [5.74, 6) is 0. The lowest BCUT2D eigenvalue weighted by atomic mass is 10.1. The van der Waals surface area contributed by atoms with Crippen molar-refractivity contribution in [3.8, 4) is 0 Å². The molecular formula is C12H16N4O2S2. The second-order valence-electron chi connectivity index (χ2n) is 4.42. The van der Waals surface area contributed by atoms with Crippen LogP contribution < -0.4 is 10.0 Å². The topological polar surface area (TPSA) is 84.0 Å². The van der Waals surface area contributed by atoms with E-state index in [0.717, 1.165) is 28.0 Å². The van der Waals surface area contributed by atoms with E-state index in [2.05, 4.69) is 20.2 Å². The Morgan fingerprint density at radius 3 is 2.65 bits per heavy atom. The molecule has 108 valence electrons. The molecule has 0 fully saturated rings. The summed E-state index contributed by atoms with van der Waals surface area (Å²) in [6.07, 6.45) is 0. The fourth-order valence-corrected chi connectivity index (χ4v) is 3.93.